The fraction of sp³-hybridized carbons (Fsp3) is 0.312. The molecule has 17 heteroatoms. The van der Waals surface area contributed by atoms with Gasteiger partial charge in [-0.25, -0.2) is 4.79 Å². The summed E-state index contributed by atoms with van der Waals surface area (Å²) in [5, 5.41) is 3.09. The van der Waals surface area contributed by atoms with Crippen LogP contribution in [0.15, 0.2) is 58.8 Å². The molecule has 1 aliphatic rings. The van der Waals surface area contributed by atoms with Crippen LogP contribution in [0.4, 0.5) is 36.8 Å². The SMILES string of the molecule is CS(=O)CC[C@@H](C(=O)Nc1ccc(C(=O)OC(C)(C)C)cc1)N1C(=O)SC(=Cc2cc(-c3cc(C(F)(F)F)cc(C(F)(F)F)c3)cs2)C1=O. The monoisotopic (exact) mass is 746 g/mol. The maximum atomic E-state index is 13.4. The Morgan fingerprint density at radius 3 is 2.06 bits per heavy atom. The molecule has 1 aromatic heterocycles. The molecule has 0 saturated carbocycles. The lowest BCUT2D eigenvalue weighted by molar-refractivity contribution is -0.143. The maximum Gasteiger partial charge on any atom is 0.416 e. The van der Waals surface area contributed by atoms with Crippen molar-refractivity contribution in [1.29, 1.82) is 0 Å². The highest BCUT2D eigenvalue weighted by molar-refractivity contribution is 8.18. The summed E-state index contributed by atoms with van der Waals surface area (Å²) in [7, 11) is -1.40. The van der Waals surface area contributed by atoms with Gasteiger partial charge in [0, 0.05) is 33.4 Å². The van der Waals surface area contributed by atoms with Gasteiger partial charge in [-0.1, -0.05) is 0 Å². The van der Waals surface area contributed by atoms with Gasteiger partial charge in [-0.05, 0) is 110 Å². The quantitative estimate of drug-likeness (QED) is 0.134. The first-order chi connectivity index (χ1) is 22.6. The lowest BCUT2D eigenvalue weighted by Gasteiger charge is -2.24. The number of amides is 3. The largest absolute Gasteiger partial charge is 0.456 e. The van der Waals surface area contributed by atoms with Crippen LogP contribution in [-0.2, 0) is 37.5 Å². The molecule has 4 rings (SSSR count). The lowest BCUT2D eigenvalue weighted by Crippen LogP contribution is -2.47. The molecule has 2 heterocycles. The molecule has 0 radical (unpaired) electrons. The summed E-state index contributed by atoms with van der Waals surface area (Å²) in [4.78, 5) is 53.0. The van der Waals surface area contributed by atoms with Gasteiger partial charge in [0.15, 0.2) is 0 Å². The minimum absolute atomic E-state index is 0.0204. The number of hydrogen-bond acceptors (Lipinski definition) is 8. The number of rotatable bonds is 9. The molecule has 1 aliphatic heterocycles. The van der Waals surface area contributed by atoms with Crippen LogP contribution in [-0.4, -0.2) is 55.8 Å². The summed E-state index contributed by atoms with van der Waals surface area (Å²) in [5.74, 6) is -2.27. The molecule has 1 fully saturated rings. The number of benzene rings is 2. The summed E-state index contributed by atoms with van der Waals surface area (Å²) >= 11 is 1.40. The van der Waals surface area contributed by atoms with Crippen molar-refractivity contribution in [3.8, 4) is 11.1 Å². The first-order valence-electron chi connectivity index (χ1n) is 14.2. The number of anilines is 1. The van der Waals surface area contributed by atoms with E-state index in [4.69, 9.17) is 4.74 Å². The Hall–Kier alpha value is -3.96. The van der Waals surface area contributed by atoms with E-state index in [-0.39, 0.29) is 50.4 Å². The average molecular weight is 747 g/mol. The summed E-state index contributed by atoms with van der Waals surface area (Å²) in [6.07, 6.45) is -7.60. The third-order valence-corrected chi connectivity index (χ3v) is 9.29. The molecule has 1 N–H and O–H groups in total. The topological polar surface area (TPSA) is 110 Å². The number of ether oxygens (including phenoxy) is 1. The molecular formula is C32H28F6N2O6S3. The maximum absolute atomic E-state index is 13.4. The Morgan fingerprint density at radius 1 is 0.939 bits per heavy atom. The van der Waals surface area contributed by atoms with Crippen LogP contribution >= 0.6 is 23.1 Å². The molecule has 49 heavy (non-hydrogen) atoms. The number of nitrogens with one attached hydrogen (secondary N) is 1. The Labute approximate surface area is 287 Å². The number of nitrogens with zero attached hydrogens (tertiary/aromatic N) is 1. The molecule has 0 bridgehead atoms. The van der Waals surface area contributed by atoms with Gasteiger partial charge in [-0.2, -0.15) is 26.3 Å². The number of thiophene rings is 1. The minimum Gasteiger partial charge on any atom is -0.456 e. The highest BCUT2D eigenvalue weighted by Crippen LogP contribution is 2.41. The molecule has 8 nitrogen and oxygen atoms in total. The van der Waals surface area contributed by atoms with Gasteiger partial charge < -0.3 is 10.1 Å². The number of thioether (sulfide) groups is 1. The first kappa shape index (κ1) is 37.9. The molecule has 2 atom stereocenters. The molecular weight excluding hydrogens is 719 g/mol. The van der Waals surface area contributed by atoms with Crippen molar-refractivity contribution in [2.75, 3.05) is 17.3 Å². The van der Waals surface area contributed by atoms with Crippen molar-refractivity contribution >= 4 is 68.7 Å². The van der Waals surface area contributed by atoms with Gasteiger partial charge in [0.2, 0.25) is 5.91 Å². The third-order valence-electron chi connectivity index (χ3n) is 6.72. The fourth-order valence-electron chi connectivity index (χ4n) is 4.49. The molecule has 3 aromatic rings. The molecule has 0 spiro atoms. The minimum atomic E-state index is -5.04. The van der Waals surface area contributed by atoms with E-state index in [0.717, 1.165) is 11.3 Å². The third kappa shape index (κ3) is 9.82. The molecule has 0 aliphatic carbocycles. The fourth-order valence-corrected chi connectivity index (χ4v) is 6.83. The number of alkyl halides is 6. The second-order valence-electron chi connectivity index (χ2n) is 11.7. The summed E-state index contributed by atoms with van der Waals surface area (Å²) in [6.45, 7) is 5.12. The van der Waals surface area contributed by atoms with Gasteiger partial charge in [0.1, 0.15) is 11.6 Å². The number of hydrogen-bond donors (Lipinski definition) is 1. The Kier molecular flexibility index (Phi) is 11.2. The van der Waals surface area contributed by atoms with Crippen molar-refractivity contribution in [2.45, 2.75) is 51.2 Å². The Balaban J connectivity index is 1.57. The van der Waals surface area contributed by atoms with Crippen molar-refractivity contribution < 1.29 is 54.5 Å². The van der Waals surface area contributed by atoms with Gasteiger partial charge in [0.05, 0.1) is 21.6 Å². The van der Waals surface area contributed by atoms with E-state index in [2.05, 4.69) is 5.32 Å². The number of esters is 1. The van der Waals surface area contributed by atoms with Crippen LogP contribution in [0.25, 0.3) is 17.2 Å². The number of carbonyl (C=O) groups is 4. The molecule has 3 amide bonds. The van der Waals surface area contributed by atoms with Crippen LogP contribution in [0.3, 0.4) is 0 Å². The van der Waals surface area contributed by atoms with Crippen molar-refractivity contribution in [3.63, 3.8) is 0 Å². The van der Waals surface area contributed by atoms with Gasteiger partial charge in [-0.3, -0.25) is 23.5 Å². The van der Waals surface area contributed by atoms with Crippen LogP contribution in [0, 0.1) is 0 Å². The number of imide groups is 1. The van der Waals surface area contributed by atoms with E-state index < -0.39 is 68.9 Å². The van der Waals surface area contributed by atoms with Gasteiger partial charge in [0.25, 0.3) is 11.1 Å². The van der Waals surface area contributed by atoms with Crippen LogP contribution in [0.5, 0.6) is 0 Å². The van der Waals surface area contributed by atoms with Crippen LogP contribution in [0.2, 0.25) is 0 Å². The average Bonchev–Trinajstić information content (AvgIpc) is 3.55. The summed E-state index contributed by atoms with van der Waals surface area (Å²) in [5.41, 5.74) is -3.58. The van der Waals surface area contributed by atoms with E-state index in [9.17, 15) is 49.7 Å². The number of halogens is 6. The zero-order valence-corrected chi connectivity index (χ0v) is 28.6. The normalized spacial score (nSPS) is 16.2. The first-order valence-corrected chi connectivity index (χ1v) is 17.6. The van der Waals surface area contributed by atoms with E-state index in [1.807, 2.05) is 0 Å². The van der Waals surface area contributed by atoms with Crippen LogP contribution in [0.1, 0.15) is 53.6 Å². The molecule has 1 saturated heterocycles. The summed E-state index contributed by atoms with van der Waals surface area (Å²) < 4.78 is 97.4. The predicted octanol–water partition coefficient (Wildman–Crippen LogP) is 8.22. The number of carbonyl (C=O) groups excluding carboxylic acids is 4. The summed E-state index contributed by atoms with van der Waals surface area (Å²) in [6, 6.07) is 6.76. The van der Waals surface area contributed by atoms with E-state index in [0.29, 0.717) is 28.8 Å². The smallest absolute Gasteiger partial charge is 0.416 e. The van der Waals surface area contributed by atoms with E-state index in [1.54, 1.807) is 20.8 Å². The Morgan fingerprint density at radius 2 is 1.53 bits per heavy atom. The van der Waals surface area contributed by atoms with E-state index in [1.165, 1.54) is 48.0 Å². The Bertz CT molecular complexity index is 1800. The molecule has 2 aromatic carbocycles. The van der Waals surface area contributed by atoms with Crippen molar-refractivity contribution in [1.82, 2.24) is 4.90 Å². The van der Waals surface area contributed by atoms with Crippen molar-refractivity contribution in [2.24, 2.45) is 0 Å². The molecule has 1 unspecified atom stereocenters. The van der Waals surface area contributed by atoms with Crippen molar-refractivity contribution in [3.05, 3.63) is 80.4 Å². The highest BCUT2D eigenvalue weighted by Gasteiger charge is 2.43. The molecule has 262 valence electrons. The zero-order chi connectivity index (χ0) is 36.5. The second kappa shape index (κ2) is 14.5. The highest BCUT2D eigenvalue weighted by atomic mass is 32.2. The van der Waals surface area contributed by atoms with Gasteiger partial charge >= 0.3 is 18.3 Å². The zero-order valence-electron chi connectivity index (χ0n) is 26.2. The second-order valence-corrected chi connectivity index (χ2v) is 15.2. The predicted molar refractivity (Wildman–Crippen MR) is 175 cm³/mol. The van der Waals surface area contributed by atoms with Gasteiger partial charge in [-0.15, -0.1) is 11.3 Å². The standard InChI is InChI=1S/C32H28F6N2O6S3/c1-30(2,3)46-28(43)17-5-7-22(8-6-17)39-26(41)24(9-10-49(4)45)40-27(42)25(48-29(40)44)15-23-13-19(16-47-23)18-11-20(31(33,34)35)14-21(12-18)32(36,37)38/h5-8,11-16,24H,9-10H2,1-4H3,(H,39,41)/t24-,49?/m0/s1. The van der Waals surface area contributed by atoms with E-state index >= 15 is 0 Å². The van der Waals surface area contributed by atoms with Crippen LogP contribution < -0.4 is 5.32 Å². The lowest BCUT2D eigenvalue weighted by atomic mass is 10.0.